The van der Waals surface area contributed by atoms with E-state index < -0.39 is 0 Å². The molecule has 0 saturated carbocycles. The fraction of sp³-hybridized carbons (Fsp3) is 0.538. The smallest absolute Gasteiger partial charge is 0.272 e. The first-order valence-electron chi connectivity index (χ1n) is 6.04. The summed E-state index contributed by atoms with van der Waals surface area (Å²) in [6, 6.07) is 7.20. The topological polar surface area (TPSA) is 55.2 Å². The monoisotopic (exact) mass is 236 g/mol. The van der Waals surface area contributed by atoms with Gasteiger partial charge in [-0.15, -0.1) is 0 Å². The Bertz CT molecular complexity index is 379. The van der Waals surface area contributed by atoms with Gasteiger partial charge in [0, 0.05) is 23.6 Å². The molecule has 2 atom stereocenters. The summed E-state index contributed by atoms with van der Waals surface area (Å²) in [6.07, 6.45) is 1.06. The van der Waals surface area contributed by atoms with Crippen molar-refractivity contribution in [2.24, 2.45) is 0 Å². The molecule has 2 unspecified atom stereocenters. The van der Waals surface area contributed by atoms with E-state index in [-0.39, 0.29) is 22.6 Å². The van der Waals surface area contributed by atoms with Gasteiger partial charge >= 0.3 is 0 Å². The van der Waals surface area contributed by atoms with Crippen LogP contribution >= 0.6 is 0 Å². The Morgan fingerprint density at radius 3 is 2.59 bits per heavy atom. The molecule has 1 N–H and O–H groups in total. The van der Waals surface area contributed by atoms with Gasteiger partial charge in [0.25, 0.3) is 5.69 Å². The molecular weight excluding hydrogens is 216 g/mol. The lowest BCUT2D eigenvalue weighted by atomic mass is 9.93. The second-order valence-electron chi connectivity index (χ2n) is 4.35. The first-order valence-corrected chi connectivity index (χ1v) is 6.04. The van der Waals surface area contributed by atoms with E-state index in [0.717, 1.165) is 18.5 Å². The minimum absolute atomic E-state index is 0.128. The highest BCUT2D eigenvalue weighted by molar-refractivity contribution is 5.42. The molecule has 0 aliphatic rings. The van der Waals surface area contributed by atoms with E-state index in [1.807, 2.05) is 19.1 Å². The third-order valence-electron chi connectivity index (χ3n) is 3.09. The zero-order valence-corrected chi connectivity index (χ0v) is 10.6. The maximum Gasteiger partial charge on any atom is 0.272 e. The SMILES string of the molecule is CCCNC(C)C(C)c1ccccc1[N+](=O)[O-]. The molecule has 0 bridgehead atoms. The fourth-order valence-corrected chi connectivity index (χ4v) is 1.86. The third-order valence-corrected chi connectivity index (χ3v) is 3.09. The average Bonchev–Trinajstić information content (AvgIpc) is 2.34. The quantitative estimate of drug-likeness (QED) is 0.610. The maximum absolute atomic E-state index is 10.9. The van der Waals surface area contributed by atoms with Gasteiger partial charge in [-0.1, -0.05) is 32.0 Å². The highest BCUT2D eigenvalue weighted by Crippen LogP contribution is 2.28. The lowest BCUT2D eigenvalue weighted by Crippen LogP contribution is -2.31. The van der Waals surface area contributed by atoms with Crippen LogP contribution in [0, 0.1) is 10.1 Å². The third kappa shape index (κ3) is 3.53. The maximum atomic E-state index is 10.9. The van der Waals surface area contributed by atoms with Gasteiger partial charge in [-0.2, -0.15) is 0 Å². The number of para-hydroxylation sites is 1. The summed E-state index contributed by atoms with van der Waals surface area (Å²) in [6.45, 7) is 7.13. The van der Waals surface area contributed by atoms with Gasteiger partial charge in [0.15, 0.2) is 0 Å². The van der Waals surface area contributed by atoms with Gasteiger partial charge < -0.3 is 5.32 Å². The molecule has 0 saturated heterocycles. The van der Waals surface area contributed by atoms with Gasteiger partial charge in [-0.25, -0.2) is 0 Å². The van der Waals surface area contributed by atoms with E-state index in [4.69, 9.17) is 0 Å². The van der Waals surface area contributed by atoms with Crippen molar-refractivity contribution in [3.05, 3.63) is 39.9 Å². The van der Waals surface area contributed by atoms with Crippen molar-refractivity contribution < 1.29 is 4.92 Å². The van der Waals surface area contributed by atoms with Crippen LogP contribution in [-0.2, 0) is 0 Å². The summed E-state index contributed by atoms with van der Waals surface area (Å²) in [4.78, 5) is 10.6. The number of nitro groups is 1. The number of nitro benzene ring substituents is 1. The molecule has 0 amide bonds. The summed E-state index contributed by atoms with van der Waals surface area (Å²) in [5.41, 5.74) is 1.01. The molecule has 4 nitrogen and oxygen atoms in total. The molecule has 0 aromatic heterocycles. The molecule has 1 aromatic rings. The minimum atomic E-state index is -0.307. The number of hydrogen-bond donors (Lipinski definition) is 1. The van der Waals surface area contributed by atoms with Crippen LogP contribution in [0.1, 0.15) is 38.7 Å². The van der Waals surface area contributed by atoms with Crippen LogP contribution in [0.15, 0.2) is 24.3 Å². The first kappa shape index (κ1) is 13.6. The number of nitrogens with zero attached hydrogens (tertiary/aromatic N) is 1. The largest absolute Gasteiger partial charge is 0.314 e. The first-order chi connectivity index (χ1) is 8.07. The van der Waals surface area contributed by atoms with Crippen molar-refractivity contribution in [1.29, 1.82) is 0 Å². The molecule has 94 valence electrons. The molecular formula is C13H20N2O2. The van der Waals surface area contributed by atoms with Crippen LogP contribution in [-0.4, -0.2) is 17.5 Å². The fourth-order valence-electron chi connectivity index (χ4n) is 1.86. The lowest BCUT2D eigenvalue weighted by molar-refractivity contribution is -0.385. The molecule has 0 spiro atoms. The number of hydrogen-bond acceptors (Lipinski definition) is 3. The van der Waals surface area contributed by atoms with Crippen molar-refractivity contribution >= 4 is 5.69 Å². The van der Waals surface area contributed by atoms with E-state index in [0.29, 0.717) is 0 Å². The van der Waals surface area contributed by atoms with Crippen molar-refractivity contribution in [3.8, 4) is 0 Å². The predicted molar refractivity (Wildman–Crippen MR) is 69.3 cm³/mol. The van der Waals surface area contributed by atoms with Crippen molar-refractivity contribution in [3.63, 3.8) is 0 Å². The lowest BCUT2D eigenvalue weighted by Gasteiger charge is -2.21. The zero-order valence-electron chi connectivity index (χ0n) is 10.6. The Morgan fingerprint density at radius 2 is 2.00 bits per heavy atom. The highest BCUT2D eigenvalue weighted by atomic mass is 16.6. The van der Waals surface area contributed by atoms with Gasteiger partial charge in [0.2, 0.25) is 0 Å². The van der Waals surface area contributed by atoms with Crippen molar-refractivity contribution in [2.75, 3.05) is 6.54 Å². The molecule has 0 radical (unpaired) electrons. The molecule has 0 heterocycles. The number of benzene rings is 1. The molecule has 1 aromatic carbocycles. The van der Waals surface area contributed by atoms with Crippen LogP contribution in [0.3, 0.4) is 0 Å². The van der Waals surface area contributed by atoms with Crippen LogP contribution < -0.4 is 5.32 Å². The summed E-state index contributed by atoms with van der Waals surface area (Å²) in [7, 11) is 0. The zero-order chi connectivity index (χ0) is 12.8. The molecule has 0 aliphatic carbocycles. The molecule has 0 fully saturated rings. The molecule has 17 heavy (non-hydrogen) atoms. The van der Waals surface area contributed by atoms with Crippen LogP contribution in [0.4, 0.5) is 5.69 Å². The predicted octanol–water partition coefficient (Wildman–Crippen LogP) is 3.09. The highest BCUT2D eigenvalue weighted by Gasteiger charge is 2.21. The Kier molecular flexibility index (Phi) is 5.10. The summed E-state index contributed by atoms with van der Waals surface area (Å²) < 4.78 is 0. The van der Waals surface area contributed by atoms with Crippen LogP contribution in [0.25, 0.3) is 0 Å². The van der Waals surface area contributed by atoms with Gasteiger partial charge in [0.1, 0.15) is 0 Å². The van der Waals surface area contributed by atoms with E-state index in [1.165, 1.54) is 0 Å². The Hall–Kier alpha value is -1.42. The van der Waals surface area contributed by atoms with Crippen LogP contribution in [0.5, 0.6) is 0 Å². The minimum Gasteiger partial charge on any atom is -0.314 e. The second kappa shape index (κ2) is 6.35. The van der Waals surface area contributed by atoms with Crippen molar-refractivity contribution in [1.82, 2.24) is 5.32 Å². The average molecular weight is 236 g/mol. The van der Waals surface area contributed by atoms with Crippen LogP contribution in [0.2, 0.25) is 0 Å². The normalized spacial score (nSPS) is 14.3. The van der Waals surface area contributed by atoms with Crippen molar-refractivity contribution in [2.45, 2.75) is 39.2 Å². The van der Waals surface area contributed by atoms with E-state index in [2.05, 4.69) is 19.2 Å². The molecule has 0 aliphatic heterocycles. The number of nitrogens with one attached hydrogen (secondary N) is 1. The molecule has 1 rings (SSSR count). The van der Waals surface area contributed by atoms with E-state index >= 15 is 0 Å². The summed E-state index contributed by atoms with van der Waals surface area (Å²) in [5.74, 6) is 0.128. The standard InChI is InChI=1S/C13H20N2O2/c1-4-9-14-11(3)10(2)12-7-5-6-8-13(12)15(16)17/h5-8,10-11,14H,4,9H2,1-3H3. The Labute approximate surface area is 102 Å². The van der Waals surface area contributed by atoms with E-state index in [9.17, 15) is 10.1 Å². The second-order valence-corrected chi connectivity index (χ2v) is 4.35. The Balaban J connectivity index is 2.87. The number of rotatable bonds is 6. The van der Waals surface area contributed by atoms with E-state index in [1.54, 1.807) is 12.1 Å². The Morgan fingerprint density at radius 1 is 1.35 bits per heavy atom. The van der Waals surface area contributed by atoms with Gasteiger partial charge in [-0.05, 0) is 19.9 Å². The van der Waals surface area contributed by atoms with Gasteiger partial charge in [0.05, 0.1) is 4.92 Å². The van der Waals surface area contributed by atoms with Gasteiger partial charge in [-0.3, -0.25) is 10.1 Å². The summed E-state index contributed by atoms with van der Waals surface area (Å²) >= 11 is 0. The molecule has 4 heteroatoms. The summed E-state index contributed by atoms with van der Waals surface area (Å²) in [5, 5.41) is 14.3.